The standard InChI is InChI=1S/C20H22N4O/c1-2-19(18-6-4-3-5-7-18)20(25)22-12-16-8-10-17(11-9-16)13-24-15-21-14-23-24/h3-11,14-15,19H,2,12-13H2,1H3,(H,22,25)/t19-/m1/s1. The van der Waals surface area contributed by atoms with E-state index in [-0.39, 0.29) is 11.8 Å². The van der Waals surface area contributed by atoms with Gasteiger partial charge in [0.15, 0.2) is 0 Å². The van der Waals surface area contributed by atoms with Gasteiger partial charge in [0.1, 0.15) is 12.7 Å². The molecule has 1 N–H and O–H groups in total. The molecule has 2 aromatic carbocycles. The van der Waals surface area contributed by atoms with Gasteiger partial charge in [0.2, 0.25) is 5.91 Å². The number of nitrogens with zero attached hydrogens (tertiary/aromatic N) is 3. The van der Waals surface area contributed by atoms with Crippen molar-refractivity contribution in [2.24, 2.45) is 0 Å². The van der Waals surface area contributed by atoms with Crippen molar-refractivity contribution in [2.45, 2.75) is 32.4 Å². The van der Waals surface area contributed by atoms with Crippen LogP contribution in [-0.2, 0) is 17.9 Å². The second kappa shape index (κ2) is 8.24. The van der Waals surface area contributed by atoms with Crippen LogP contribution in [0.5, 0.6) is 0 Å². The largest absolute Gasteiger partial charge is 0.351 e. The molecule has 0 spiro atoms. The van der Waals surface area contributed by atoms with Crippen molar-refractivity contribution in [1.82, 2.24) is 20.1 Å². The lowest BCUT2D eigenvalue weighted by Gasteiger charge is -2.15. The highest BCUT2D eigenvalue weighted by Crippen LogP contribution is 2.19. The van der Waals surface area contributed by atoms with Crippen LogP contribution in [0, 0.1) is 0 Å². The molecule has 1 atom stereocenters. The Balaban J connectivity index is 1.56. The van der Waals surface area contributed by atoms with Gasteiger partial charge in [-0.25, -0.2) is 9.67 Å². The number of hydrogen-bond acceptors (Lipinski definition) is 3. The van der Waals surface area contributed by atoms with E-state index in [0.29, 0.717) is 13.1 Å². The number of carbonyl (C=O) groups is 1. The Morgan fingerprint density at radius 1 is 1.08 bits per heavy atom. The maximum absolute atomic E-state index is 12.5. The minimum Gasteiger partial charge on any atom is -0.351 e. The van der Waals surface area contributed by atoms with E-state index in [2.05, 4.69) is 27.5 Å². The number of hydrogen-bond donors (Lipinski definition) is 1. The number of benzene rings is 2. The molecule has 0 aliphatic carbocycles. The Kier molecular flexibility index (Phi) is 5.57. The van der Waals surface area contributed by atoms with Gasteiger partial charge in [-0.3, -0.25) is 4.79 Å². The van der Waals surface area contributed by atoms with Crippen LogP contribution in [0.15, 0.2) is 67.3 Å². The molecule has 1 amide bonds. The zero-order chi connectivity index (χ0) is 17.5. The SMILES string of the molecule is CC[C@@H](C(=O)NCc1ccc(Cn2cncn2)cc1)c1ccccc1. The second-order valence-corrected chi connectivity index (χ2v) is 6.00. The van der Waals surface area contributed by atoms with E-state index in [4.69, 9.17) is 0 Å². The summed E-state index contributed by atoms with van der Waals surface area (Å²) in [7, 11) is 0. The van der Waals surface area contributed by atoms with E-state index in [9.17, 15) is 4.79 Å². The molecule has 3 aromatic rings. The van der Waals surface area contributed by atoms with Crippen molar-refractivity contribution in [2.75, 3.05) is 0 Å². The summed E-state index contributed by atoms with van der Waals surface area (Å²) < 4.78 is 1.78. The first-order valence-corrected chi connectivity index (χ1v) is 8.49. The molecule has 0 bridgehead atoms. The fourth-order valence-electron chi connectivity index (χ4n) is 2.83. The predicted molar refractivity (Wildman–Crippen MR) is 96.9 cm³/mol. The highest BCUT2D eigenvalue weighted by Gasteiger charge is 2.17. The molecule has 25 heavy (non-hydrogen) atoms. The molecular formula is C20H22N4O. The van der Waals surface area contributed by atoms with E-state index in [0.717, 1.165) is 23.1 Å². The van der Waals surface area contributed by atoms with Crippen molar-refractivity contribution in [3.05, 3.63) is 83.9 Å². The predicted octanol–water partition coefficient (Wildman–Crippen LogP) is 3.14. The Hall–Kier alpha value is -2.95. The van der Waals surface area contributed by atoms with Gasteiger partial charge in [0.05, 0.1) is 12.5 Å². The van der Waals surface area contributed by atoms with Crippen LogP contribution in [0.1, 0.15) is 36.0 Å². The molecule has 1 heterocycles. The van der Waals surface area contributed by atoms with Crippen LogP contribution in [0.3, 0.4) is 0 Å². The maximum Gasteiger partial charge on any atom is 0.227 e. The highest BCUT2D eigenvalue weighted by molar-refractivity contribution is 5.83. The first kappa shape index (κ1) is 16.9. The molecule has 0 aliphatic rings. The average Bonchev–Trinajstić information content (AvgIpc) is 3.16. The maximum atomic E-state index is 12.5. The molecule has 0 fully saturated rings. The van der Waals surface area contributed by atoms with Crippen LogP contribution in [0.4, 0.5) is 0 Å². The summed E-state index contributed by atoms with van der Waals surface area (Å²) in [5, 5.41) is 7.15. The number of carbonyl (C=O) groups excluding carboxylic acids is 1. The molecule has 0 aliphatic heterocycles. The number of rotatable bonds is 7. The Labute approximate surface area is 147 Å². The minimum atomic E-state index is -0.104. The third-order valence-electron chi connectivity index (χ3n) is 4.23. The number of nitrogens with one attached hydrogen (secondary N) is 1. The van der Waals surface area contributed by atoms with Gasteiger partial charge in [0, 0.05) is 6.54 Å². The van der Waals surface area contributed by atoms with Gasteiger partial charge in [-0.15, -0.1) is 0 Å². The lowest BCUT2D eigenvalue weighted by atomic mass is 9.95. The van der Waals surface area contributed by atoms with Crippen LogP contribution in [0.25, 0.3) is 0 Å². The molecule has 1 aromatic heterocycles. The fraction of sp³-hybridized carbons (Fsp3) is 0.250. The summed E-state index contributed by atoms with van der Waals surface area (Å²) in [6, 6.07) is 18.1. The lowest BCUT2D eigenvalue weighted by Crippen LogP contribution is -2.28. The molecule has 5 nitrogen and oxygen atoms in total. The average molecular weight is 334 g/mol. The second-order valence-electron chi connectivity index (χ2n) is 6.00. The van der Waals surface area contributed by atoms with Crippen LogP contribution in [-0.4, -0.2) is 20.7 Å². The summed E-state index contributed by atoms with van der Waals surface area (Å²) in [5.41, 5.74) is 3.29. The zero-order valence-electron chi connectivity index (χ0n) is 14.3. The normalized spacial score (nSPS) is 11.9. The summed E-state index contributed by atoms with van der Waals surface area (Å²) >= 11 is 0. The van der Waals surface area contributed by atoms with Gasteiger partial charge >= 0.3 is 0 Å². The van der Waals surface area contributed by atoms with Gasteiger partial charge in [0.25, 0.3) is 0 Å². The van der Waals surface area contributed by atoms with Gasteiger partial charge < -0.3 is 5.32 Å². The van der Waals surface area contributed by atoms with E-state index in [1.54, 1.807) is 11.0 Å². The smallest absolute Gasteiger partial charge is 0.227 e. The van der Waals surface area contributed by atoms with Gasteiger partial charge in [-0.2, -0.15) is 5.10 Å². The Bertz CT molecular complexity index is 782. The molecular weight excluding hydrogens is 312 g/mol. The summed E-state index contributed by atoms with van der Waals surface area (Å²) in [6.07, 6.45) is 4.01. The topological polar surface area (TPSA) is 59.8 Å². The molecule has 3 rings (SSSR count). The molecule has 128 valence electrons. The van der Waals surface area contributed by atoms with Crippen molar-refractivity contribution in [1.29, 1.82) is 0 Å². The van der Waals surface area contributed by atoms with Crippen molar-refractivity contribution >= 4 is 5.91 Å². The molecule has 5 heteroatoms. The number of amides is 1. The van der Waals surface area contributed by atoms with E-state index in [1.165, 1.54) is 6.33 Å². The zero-order valence-corrected chi connectivity index (χ0v) is 14.3. The van der Waals surface area contributed by atoms with Crippen molar-refractivity contribution in [3.8, 4) is 0 Å². The molecule has 0 saturated heterocycles. The van der Waals surface area contributed by atoms with Gasteiger partial charge in [-0.05, 0) is 23.1 Å². The monoisotopic (exact) mass is 334 g/mol. The number of aromatic nitrogens is 3. The van der Waals surface area contributed by atoms with E-state index < -0.39 is 0 Å². The van der Waals surface area contributed by atoms with Crippen LogP contribution < -0.4 is 5.32 Å². The van der Waals surface area contributed by atoms with E-state index in [1.807, 2.05) is 49.4 Å². The third-order valence-corrected chi connectivity index (χ3v) is 4.23. The molecule has 0 saturated carbocycles. The summed E-state index contributed by atoms with van der Waals surface area (Å²) in [5.74, 6) is -0.0341. The summed E-state index contributed by atoms with van der Waals surface area (Å²) in [4.78, 5) is 16.4. The third kappa shape index (κ3) is 4.53. The Morgan fingerprint density at radius 3 is 2.44 bits per heavy atom. The van der Waals surface area contributed by atoms with E-state index >= 15 is 0 Å². The minimum absolute atomic E-state index is 0.0698. The van der Waals surface area contributed by atoms with Gasteiger partial charge in [-0.1, -0.05) is 61.5 Å². The fourth-order valence-corrected chi connectivity index (χ4v) is 2.83. The Morgan fingerprint density at radius 2 is 1.80 bits per heavy atom. The lowest BCUT2D eigenvalue weighted by molar-refractivity contribution is -0.122. The van der Waals surface area contributed by atoms with Crippen molar-refractivity contribution in [3.63, 3.8) is 0 Å². The quantitative estimate of drug-likeness (QED) is 0.722. The highest BCUT2D eigenvalue weighted by atomic mass is 16.1. The molecule has 0 radical (unpaired) electrons. The van der Waals surface area contributed by atoms with Crippen molar-refractivity contribution < 1.29 is 4.79 Å². The first-order valence-electron chi connectivity index (χ1n) is 8.49. The van der Waals surface area contributed by atoms with Crippen LogP contribution in [0.2, 0.25) is 0 Å². The van der Waals surface area contributed by atoms with Crippen LogP contribution >= 0.6 is 0 Å². The first-order chi connectivity index (χ1) is 12.3. The molecule has 0 unspecified atom stereocenters. The summed E-state index contributed by atoms with van der Waals surface area (Å²) in [6.45, 7) is 3.26.